The van der Waals surface area contributed by atoms with Crippen LogP contribution in [0.4, 0.5) is 5.69 Å². The third-order valence-corrected chi connectivity index (χ3v) is 5.12. The predicted molar refractivity (Wildman–Crippen MR) is 113 cm³/mol. The van der Waals surface area contributed by atoms with E-state index in [0.717, 1.165) is 0 Å². The molecule has 4 rings (SSSR count). The predicted octanol–water partition coefficient (Wildman–Crippen LogP) is 4.32. The number of nitrogens with zero attached hydrogens (tertiary/aromatic N) is 4. The van der Waals surface area contributed by atoms with E-state index in [1.54, 1.807) is 42.6 Å². The number of benzene rings is 1. The van der Waals surface area contributed by atoms with Gasteiger partial charge in [0.15, 0.2) is 5.82 Å². The molecule has 0 aliphatic rings. The van der Waals surface area contributed by atoms with Gasteiger partial charge in [0.1, 0.15) is 10.3 Å². The molecule has 29 heavy (non-hydrogen) atoms. The van der Waals surface area contributed by atoms with Crippen LogP contribution < -0.4 is 5.32 Å². The van der Waals surface area contributed by atoms with Crippen LogP contribution >= 0.6 is 27.5 Å². The number of carbonyl (C=O) groups is 1. The Labute approximate surface area is 178 Å². The lowest BCUT2D eigenvalue weighted by Gasteiger charge is -2.09. The maximum atomic E-state index is 12.9. The highest BCUT2D eigenvalue weighted by Gasteiger charge is 2.20. The minimum atomic E-state index is -0.442. The molecule has 1 amide bonds. The first-order valence-electron chi connectivity index (χ1n) is 8.62. The molecule has 10 heteroatoms. The standard InChI is InChI=1S/C19H15BrClN5O3/c1-2-25-18(28)11-6-5-10(8-12(11)19(25)29)23-17(27)14-9-15(20)24-26(14)16-13(21)4-3-7-22-16/h3-9,28-29H,2H2,1H3,(H,23,27). The summed E-state index contributed by atoms with van der Waals surface area (Å²) in [6, 6.07) is 9.76. The van der Waals surface area contributed by atoms with E-state index in [9.17, 15) is 15.0 Å². The van der Waals surface area contributed by atoms with Crippen molar-refractivity contribution >= 4 is 49.9 Å². The van der Waals surface area contributed by atoms with Crippen LogP contribution in [0.25, 0.3) is 16.6 Å². The molecule has 8 nitrogen and oxygen atoms in total. The highest BCUT2D eigenvalue weighted by Crippen LogP contribution is 2.37. The number of nitrogens with one attached hydrogen (secondary N) is 1. The van der Waals surface area contributed by atoms with Crippen LogP contribution in [0.5, 0.6) is 11.8 Å². The zero-order valence-corrected chi connectivity index (χ0v) is 17.4. The molecule has 0 saturated carbocycles. The molecule has 0 atom stereocenters. The lowest BCUT2D eigenvalue weighted by Crippen LogP contribution is -2.17. The second-order valence-electron chi connectivity index (χ2n) is 6.18. The molecule has 0 spiro atoms. The molecule has 0 unspecified atom stereocenters. The summed E-state index contributed by atoms with van der Waals surface area (Å²) < 4.78 is 3.17. The first-order chi connectivity index (χ1) is 13.9. The van der Waals surface area contributed by atoms with Crippen LogP contribution in [0.3, 0.4) is 0 Å². The van der Waals surface area contributed by atoms with E-state index in [1.165, 1.54) is 9.25 Å². The fraction of sp³-hybridized carbons (Fsp3) is 0.105. The van der Waals surface area contributed by atoms with Gasteiger partial charge in [0.25, 0.3) is 5.91 Å². The molecule has 3 N–H and O–H groups in total. The Morgan fingerprint density at radius 2 is 1.97 bits per heavy atom. The minimum absolute atomic E-state index is 0.0234. The monoisotopic (exact) mass is 475 g/mol. The molecule has 148 valence electrons. The van der Waals surface area contributed by atoms with Gasteiger partial charge in [0, 0.05) is 35.3 Å². The molecular weight excluding hydrogens is 462 g/mol. The number of rotatable bonds is 4. The molecule has 0 aliphatic carbocycles. The Bertz CT molecular complexity index is 1250. The summed E-state index contributed by atoms with van der Waals surface area (Å²) in [5.74, 6) is -0.209. The first-order valence-corrected chi connectivity index (χ1v) is 9.79. The van der Waals surface area contributed by atoms with Crippen molar-refractivity contribution in [1.82, 2.24) is 19.3 Å². The first kappa shape index (κ1) is 19.3. The largest absolute Gasteiger partial charge is 0.494 e. The van der Waals surface area contributed by atoms with Gasteiger partial charge in [-0.3, -0.25) is 9.36 Å². The molecule has 1 aromatic carbocycles. The molecule has 3 heterocycles. The number of hydrogen-bond acceptors (Lipinski definition) is 5. The van der Waals surface area contributed by atoms with E-state index in [2.05, 4.69) is 31.3 Å². The third-order valence-electron chi connectivity index (χ3n) is 4.44. The summed E-state index contributed by atoms with van der Waals surface area (Å²) in [4.78, 5) is 17.1. The number of aromatic nitrogens is 4. The normalized spacial score (nSPS) is 11.1. The van der Waals surface area contributed by atoms with Crippen molar-refractivity contribution in [3.05, 3.63) is 57.9 Å². The summed E-state index contributed by atoms with van der Waals surface area (Å²) >= 11 is 9.47. The third kappa shape index (κ3) is 3.32. The van der Waals surface area contributed by atoms with Crippen molar-refractivity contribution in [3.63, 3.8) is 0 Å². The average Bonchev–Trinajstić information content (AvgIpc) is 3.20. The minimum Gasteiger partial charge on any atom is -0.494 e. The molecule has 4 aromatic rings. The van der Waals surface area contributed by atoms with Crippen LogP contribution in [-0.2, 0) is 6.54 Å². The number of anilines is 1. The Morgan fingerprint density at radius 3 is 2.69 bits per heavy atom. The van der Waals surface area contributed by atoms with E-state index in [0.29, 0.717) is 38.4 Å². The number of amides is 1. The zero-order chi connectivity index (χ0) is 20.7. The summed E-state index contributed by atoms with van der Waals surface area (Å²) in [6.45, 7) is 2.22. The van der Waals surface area contributed by atoms with E-state index in [1.807, 2.05) is 6.92 Å². The topological polar surface area (TPSA) is 105 Å². The Morgan fingerprint density at radius 1 is 1.21 bits per heavy atom. The van der Waals surface area contributed by atoms with E-state index >= 15 is 0 Å². The van der Waals surface area contributed by atoms with E-state index in [4.69, 9.17) is 11.6 Å². The zero-order valence-electron chi connectivity index (χ0n) is 15.1. The van der Waals surface area contributed by atoms with Gasteiger partial charge in [0.05, 0.1) is 5.02 Å². The van der Waals surface area contributed by atoms with Crippen LogP contribution in [0.1, 0.15) is 17.4 Å². The fourth-order valence-electron chi connectivity index (χ4n) is 3.10. The molecule has 0 saturated heterocycles. The number of carbonyl (C=O) groups excluding carboxylic acids is 1. The molecule has 0 fully saturated rings. The van der Waals surface area contributed by atoms with Gasteiger partial charge in [-0.15, -0.1) is 0 Å². The van der Waals surface area contributed by atoms with Gasteiger partial charge in [-0.25, -0.2) is 9.67 Å². The van der Waals surface area contributed by atoms with Crippen molar-refractivity contribution in [2.24, 2.45) is 0 Å². The summed E-state index contributed by atoms with van der Waals surface area (Å²) in [6.07, 6.45) is 1.56. The summed E-state index contributed by atoms with van der Waals surface area (Å²) in [5, 5.41) is 28.8. The molecule has 0 bridgehead atoms. The van der Waals surface area contributed by atoms with Gasteiger partial charge in [-0.05, 0) is 53.2 Å². The van der Waals surface area contributed by atoms with Gasteiger partial charge in [-0.2, -0.15) is 5.10 Å². The highest BCUT2D eigenvalue weighted by atomic mass is 79.9. The van der Waals surface area contributed by atoms with Crippen LogP contribution in [0, 0.1) is 0 Å². The maximum Gasteiger partial charge on any atom is 0.274 e. The lowest BCUT2D eigenvalue weighted by molar-refractivity contribution is 0.101. The molecular formula is C19H15BrClN5O3. The molecule has 0 radical (unpaired) electrons. The quantitative estimate of drug-likeness (QED) is 0.407. The van der Waals surface area contributed by atoms with Crippen molar-refractivity contribution < 1.29 is 15.0 Å². The molecule has 0 aliphatic heterocycles. The van der Waals surface area contributed by atoms with Gasteiger partial charge in [0.2, 0.25) is 11.8 Å². The van der Waals surface area contributed by atoms with Crippen molar-refractivity contribution in [2.45, 2.75) is 13.5 Å². The van der Waals surface area contributed by atoms with Gasteiger partial charge < -0.3 is 15.5 Å². The Balaban J connectivity index is 1.71. The highest BCUT2D eigenvalue weighted by molar-refractivity contribution is 9.10. The lowest BCUT2D eigenvalue weighted by atomic mass is 10.2. The number of halogens is 2. The van der Waals surface area contributed by atoms with Crippen molar-refractivity contribution in [3.8, 4) is 17.6 Å². The summed E-state index contributed by atoms with van der Waals surface area (Å²) in [7, 11) is 0. The number of hydrogen-bond donors (Lipinski definition) is 3. The fourth-order valence-corrected chi connectivity index (χ4v) is 3.67. The molecule has 3 aromatic heterocycles. The number of fused-ring (bicyclic) bond motifs is 1. The number of pyridine rings is 1. The maximum absolute atomic E-state index is 12.9. The summed E-state index contributed by atoms with van der Waals surface area (Å²) in [5.41, 5.74) is 0.665. The second kappa shape index (κ2) is 7.41. The van der Waals surface area contributed by atoms with E-state index < -0.39 is 5.91 Å². The average molecular weight is 477 g/mol. The second-order valence-corrected chi connectivity index (χ2v) is 7.40. The number of aromatic hydroxyl groups is 2. The Hall–Kier alpha value is -3.04. The van der Waals surface area contributed by atoms with E-state index in [-0.39, 0.29) is 17.5 Å². The Kier molecular flexibility index (Phi) is 4.93. The van der Waals surface area contributed by atoms with Crippen LogP contribution in [-0.4, -0.2) is 35.5 Å². The van der Waals surface area contributed by atoms with Crippen LogP contribution in [0.2, 0.25) is 5.02 Å². The smallest absolute Gasteiger partial charge is 0.274 e. The van der Waals surface area contributed by atoms with Crippen molar-refractivity contribution in [2.75, 3.05) is 5.32 Å². The van der Waals surface area contributed by atoms with Gasteiger partial charge >= 0.3 is 0 Å². The SMILES string of the molecule is CCn1c(O)c2ccc(NC(=O)c3cc(Br)nn3-c3ncccc3Cl)cc2c1O. The van der Waals surface area contributed by atoms with Crippen molar-refractivity contribution in [1.29, 1.82) is 0 Å². The van der Waals surface area contributed by atoms with Gasteiger partial charge in [-0.1, -0.05) is 11.6 Å². The van der Waals surface area contributed by atoms with Crippen LogP contribution in [0.15, 0.2) is 47.2 Å².